The second-order valence-corrected chi connectivity index (χ2v) is 15.6. The molecule has 6 aromatic rings. The number of nitrogens with zero attached hydrogens (tertiary/aromatic N) is 5. The molecule has 2 aliphatic heterocycles. The standard InChI is InChI=1S/C44H50N6O4S/c1-45-55-49-27-25-48(26-28-49)32-20-22-33(23-21-32)54-30-38-41-37-16-10-15-35-36(17-11-29-53-40-19-9-13-31-12-6-7-14-34(31)40)43(44(51)52)50(42(35)37)24-8-4-3-5-18-39(41)47(2)46-38/h6-7,9-10,12-16,19-23,45H,3-5,8,11,17-18,24-30H2,1-2H3,(H,51,52). The zero-order valence-electron chi connectivity index (χ0n) is 31.8. The van der Waals surface area contributed by atoms with Gasteiger partial charge in [-0.25, -0.2) is 9.10 Å². The van der Waals surface area contributed by atoms with Crippen LogP contribution in [0, 0.1) is 0 Å². The van der Waals surface area contributed by atoms with Gasteiger partial charge < -0.3 is 24.0 Å². The van der Waals surface area contributed by atoms with Crippen LogP contribution in [0.1, 0.15) is 59.5 Å². The van der Waals surface area contributed by atoms with Crippen LogP contribution < -0.4 is 19.1 Å². The minimum atomic E-state index is -0.890. The second kappa shape index (κ2) is 16.8. The summed E-state index contributed by atoms with van der Waals surface area (Å²) in [6, 6.07) is 29.0. The first-order valence-electron chi connectivity index (χ1n) is 19.6. The minimum absolute atomic E-state index is 0.309. The van der Waals surface area contributed by atoms with Crippen molar-refractivity contribution < 1.29 is 19.4 Å². The Bertz CT molecular complexity index is 2270. The van der Waals surface area contributed by atoms with Gasteiger partial charge in [0.25, 0.3) is 0 Å². The van der Waals surface area contributed by atoms with Gasteiger partial charge in [0, 0.05) is 85.2 Å². The Morgan fingerprint density at radius 2 is 1.62 bits per heavy atom. The van der Waals surface area contributed by atoms with E-state index in [0.717, 1.165) is 120 Å². The fourth-order valence-electron chi connectivity index (χ4n) is 8.46. The summed E-state index contributed by atoms with van der Waals surface area (Å²) in [5, 5.41) is 19.1. The van der Waals surface area contributed by atoms with Crippen molar-refractivity contribution in [2.75, 3.05) is 44.7 Å². The SMILES string of the molecule is CNSN1CCN(c2ccc(OCc3nn(C)c4c3-c3cccc5c(CCCOc6cccc7ccccc67)c(C(=O)O)n(c35)CCCCCC4)cc2)CC1. The molecule has 0 amide bonds. The Kier molecular flexibility index (Phi) is 11.3. The number of benzene rings is 4. The number of aryl methyl sites for hydroxylation is 3. The topological polar surface area (TPSA) is 97.0 Å². The number of fused-ring (bicyclic) bond motifs is 3. The average Bonchev–Trinajstić information content (AvgIpc) is 3.69. The predicted molar refractivity (Wildman–Crippen MR) is 222 cm³/mol. The van der Waals surface area contributed by atoms with E-state index in [9.17, 15) is 9.90 Å². The van der Waals surface area contributed by atoms with Crippen molar-refractivity contribution >= 4 is 45.5 Å². The maximum Gasteiger partial charge on any atom is 0.352 e. The van der Waals surface area contributed by atoms with Gasteiger partial charge in [-0.1, -0.05) is 67.4 Å². The number of hydrogen-bond acceptors (Lipinski definition) is 8. The van der Waals surface area contributed by atoms with E-state index in [2.05, 4.69) is 79.2 Å². The van der Waals surface area contributed by atoms with Gasteiger partial charge in [0.05, 0.1) is 12.1 Å². The number of carboxylic acids is 1. The molecule has 286 valence electrons. The lowest BCUT2D eigenvalue weighted by Gasteiger charge is -2.35. The van der Waals surface area contributed by atoms with E-state index in [-0.39, 0.29) is 0 Å². The Labute approximate surface area is 327 Å². The normalized spacial score (nSPS) is 15.2. The third kappa shape index (κ3) is 7.78. The van der Waals surface area contributed by atoms with Crippen LogP contribution in [-0.4, -0.2) is 69.6 Å². The van der Waals surface area contributed by atoms with E-state index in [1.165, 1.54) is 5.69 Å². The largest absolute Gasteiger partial charge is 0.493 e. The van der Waals surface area contributed by atoms with Gasteiger partial charge in [-0.3, -0.25) is 9.40 Å². The van der Waals surface area contributed by atoms with E-state index < -0.39 is 5.97 Å². The number of piperazine rings is 1. The molecule has 11 heteroatoms. The maximum absolute atomic E-state index is 13.2. The molecule has 2 aliphatic rings. The number of nitrogens with one attached hydrogen (secondary N) is 1. The summed E-state index contributed by atoms with van der Waals surface area (Å²) < 4.78 is 22.4. The van der Waals surface area contributed by atoms with Gasteiger partial charge in [0.2, 0.25) is 0 Å². The molecule has 55 heavy (non-hydrogen) atoms. The Morgan fingerprint density at radius 3 is 2.44 bits per heavy atom. The zero-order valence-corrected chi connectivity index (χ0v) is 32.6. The molecule has 10 nitrogen and oxygen atoms in total. The zero-order chi connectivity index (χ0) is 37.7. The number of anilines is 1. The molecule has 0 atom stereocenters. The third-order valence-electron chi connectivity index (χ3n) is 11.1. The number of rotatable bonds is 12. The lowest BCUT2D eigenvalue weighted by atomic mass is 9.96. The summed E-state index contributed by atoms with van der Waals surface area (Å²) >= 11 is 1.67. The summed E-state index contributed by atoms with van der Waals surface area (Å²) in [6.07, 6.45) is 6.27. The molecular formula is C44H50N6O4S. The highest BCUT2D eigenvalue weighted by Gasteiger charge is 2.28. The number of carbonyl (C=O) groups is 1. The van der Waals surface area contributed by atoms with E-state index in [1.807, 2.05) is 43.0 Å². The Hall–Kier alpha value is -4.97. The van der Waals surface area contributed by atoms with Crippen molar-refractivity contribution in [2.45, 2.75) is 58.1 Å². The Balaban J connectivity index is 1.08. The van der Waals surface area contributed by atoms with E-state index >= 15 is 0 Å². The smallest absolute Gasteiger partial charge is 0.352 e. The first kappa shape index (κ1) is 37.0. The molecule has 1 saturated heterocycles. The highest BCUT2D eigenvalue weighted by Crippen LogP contribution is 2.40. The number of ether oxygens (including phenoxy) is 2. The van der Waals surface area contributed by atoms with Gasteiger partial charge in [0.1, 0.15) is 29.5 Å². The molecule has 2 N–H and O–H groups in total. The van der Waals surface area contributed by atoms with E-state index in [4.69, 9.17) is 14.6 Å². The van der Waals surface area contributed by atoms with Crippen molar-refractivity contribution in [1.82, 2.24) is 23.4 Å². The number of hydrogen-bond donors (Lipinski definition) is 2. The molecule has 0 radical (unpaired) electrons. The van der Waals surface area contributed by atoms with Crippen LogP contribution in [0.15, 0.2) is 84.9 Å². The van der Waals surface area contributed by atoms with Crippen LogP contribution >= 0.6 is 12.1 Å². The molecular weight excluding hydrogens is 709 g/mol. The molecule has 0 bridgehead atoms. The van der Waals surface area contributed by atoms with Crippen molar-refractivity contribution in [1.29, 1.82) is 0 Å². The van der Waals surface area contributed by atoms with Crippen LogP contribution in [0.5, 0.6) is 11.5 Å². The second-order valence-electron chi connectivity index (χ2n) is 14.5. The molecule has 4 heterocycles. The summed E-state index contributed by atoms with van der Waals surface area (Å²) in [7, 11) is 3.98. The van der Waals surface area contributed by atoms with Crippen LogP contribution in [0.4, 0.5) is 5.69 Å². The van der Waals surface area contributed by atoms with E-state index in [0.29, 0.717) is 38.3 Å². The number of aromatic carboxylic acids is 1. The van der Waals surface area contributed by atoms with Crippen molar-refractivity contribution in [3.63, 3.8) is 0 Å². The summed E-state index contributed by atoms with van der Waals surface area (Å²) in [5.41, 5.74) is 7.53. The van der Waals surface area contributed by atoms with Crippen LogP contribution in [-0.2, 0) is 33.0 Å². The van der Waals surface area contributed by atoms with Crippen LogP contribution in [0.25, 0.3) is 32.8 Å². The van der Waals surface area contributed by atoms with Crippen LogP contribution in [0.3, 0.4) is 0 Å². The fraction of sp³-hybridized carbons (Fsp3) is 0.364. The number of para-hydroxylation sites is 1. The van der Waals surface area contributed by atoms with Gasteiger partial charge in [-0.2, -0.15) is 5.10 Å². The minimum Gasteiger partial charge on any atom is -0.493 e. The molecule has 0 aliphatic carbocycles. The highest BCUT2D eigenvalue weighted by atomic mass is 32.2. The maximum atomic E-state index is 13.2. The van der Waals surface area contributed by atoms with Crippen molar-refractivity contribution in [3.05, 3.63) is 108 Å². The monoisotopic (exact) mass is 758 g/mol. The van der Waals surface area contributed by atoms with Crippen molar-refractivity contribution in [3.8, 4) is 22.6 Å². The summed E-state index contributed by atoms with van der Waals surface area (Å²) in [6.45, 7) is 5.41. The molecule has 1 fully saturated rings. The molecule has 0 saturated carbocycles. The lowest BCUT2D eigenvalue weighted by molar-refractivity contribution is 0.0684. The predicted octanol–water partition coefficient (Wildman–Crippen LogP) is 8.50. The van der Waals surface area contributed by atoms with Gasteiger partial charge in [0.15, 0.2) is 0 Å². The first-order valence-corrected chi connectivity index (χ1v) is 20.4. The average molecular weight is 759 g/mol. The first-order chi connectivity index (χ1) is 27.0. The highest BCUT2D eigenvalue weighted by molar-refractivity contribution is 7.95. The molecule has 0 unspecified atom stereocenters. The number of aromatic nitrogens is 3. The quantitative estimate of drug-likeness (QED) is 0.0941. The molecule has 4 aromatic carbocycles. The lowest BCUT2D eigenvalue weighted by Crippen LogP contribution is -2.44. The third-order valence-corrected chi connectivity index (χ3v) is 11.9. The molecule has 0 spiro atoms. The van der Waals surface area contributed by atoms with E-state index in [1.54, 1.807) is 12.1 Å². The molecule has 8 rings (SSSR count). The van der Waals surface area contributed by atoms with Crippen LogP contribution in [0.2, 0.25) is 0 Å². The summed E-state index contributed by atoms with van der Waals surface area (Å²) in [4.78, 5) is 15.6. The summed E-state index contributed by atoms with van der Waals surface area (Å²) in [5.74, 6) is 0.759. The Morgan fingerprint density at radius 1 is 0.855 bits per heavy atom. The van der Waals surface area contributed by atoms with Gasteiger partial charge in [-0.15, -0.1) is 0 Å². The molecule has 2 aromatic heterocycles. The van der Waals surface area contributed by atoms with Crippen molar-refractivity contribution in [2.24, 2.45) is 7.05 Å². The fourth-order valence-corrected chi connectivity index (χ4v) is 9.07. The number of carboxylic acid groups (broad SMARTS) is 1. The van der Waals surface area contributed by atoms with Gasteiger partial charge in [-0.05, 0) is 80.4 Å². The van der Waals surface area contributed by atoms with Gasteiger partial charge >= 0.3 is 5.97 Å².